The Morgan fingerprint density at radius 2 is 1.67 bits per heavy atom. The smallest absolute Gasteiger partial charge is 0.200 e. The molecule has 0 bridgehead atoms. The van der Waals surface area contributed by atoms with Crippen LogP contribution in [0.5, 0.6) is 0 Å². The zero-order valence-corrected chi connectivity index (χ0v) is 11.0. The maximum Gasteiger partial charge on any atom is 0.200 e. The summed E-state index contributed by atoms with van der Waals surface area (Å²) in [6.07, 6.45) is 5.46. The van der Waals surface area contributed by atoms with Crippen molar-refractivity contribution in [3.8, 4) is 0 Å². The topological polar surface area (TPSA) is 37.3 Å². The van der Waals surface area contributed by atoms with E-state index in [4.69, 9.17) is 0 Å². The normalized spacial score (nSPS) is 23.2. The Kier molecular flexibility index (Phi) is 8.89. The van der Waals surface area contributed by atoms with Gasteiger partial charge in [-0.3, -0.25) is 4.57 Å². The Morgan fingerprint density at radius 3 is 1.92 bits per heavy atom. The Morgan fingerprint density at radius 1 is 1.25 bits per heavy atom. The summed E-state index contributed by atoms with van der Waals surface area (Å²) in [4.78, 5) is 9.20. The predicted molar refractivity (Wildman–Crippen MR) is 52.6 cm³/mol. The van der Waals surface area contributed by atoms with Gasteiger partial charge >= 0.3 is 0 Å². The van der Waals surface area contributed by atoms with Crippen LogP contribution in [0.1, 0.15) is 32.1 Å². The van der Waals surface area contributed by atoms with Crippen molar-refractivity contribution in [3.63, 3.8) is 0 Å². The van der Waals surface area contributed by atoms with E-state index < -0.39 is 7.37 Å². The molecule has 1 unspecified atom stereocenters. The Labute approximate surface area is 97.9 Å². The van der Waals surface area contributed by atoms with Crippen LogP contribution < -0.4 is 0 Å². The van der Waals surface area contributed by atoms with Crippen LogP contribution in [-0.4, -0.2) is 34.6 Å². The summed E-state index contributed by atoms with van der Waals surface area (Å²) in [6, 6.07) is 0. The molecule has 0 aliphatic heterocycles. The Hall–Kier alpha value is 1.35. The van der Waals surface area contributed by atoms with Crippen LogP contribution in [-0.2, 0) is 24.0 Å². The maximum absolute atomic E-state index is 11.1. The van der Waals surface area contributed by atoms with E-state index in [0.29, 0.717) is 0 Å². The molecule has 2 nitrogen and oxygen atoms in total. The van der Waals surface area contributed by atoms with Gasteiger partial charge in [-0.15, -0.1) is 0 Å². The van der Waals surface area contributed by atoms with Crippen molar-refractivity contribution in [1.82, 2.24) is 0 Å². The first-order valence-electron chi connectivity index (χ1n) is 3.90. The molecule has 0 aromatic heterocycles. The van der Waals surface area contributed by atoms with E-state index in [1.165, 1.54) is 13.1 Å². The van der Waals surface area contributed by atoms with Crippen LogP contribution in [0.2, 0.25) is 0 Å². The summed E-state index contributed by atoms with van der Waals surface area (Å²) >= 11 is 0. The third-order valence-corrected chi connectivity index (χ3v) is 4.12. The summed E-state index contributed by atoms with van der Waals surface area (Å²) in [5.41, 5.74) is 0.112. The van der Waals surface area contributed by atoms with Gasteiger partial charge in [-0.25, -0.2) is 0 Å². The fourth-order valence-electron chi connectivity index (χ4n) is 1.56. The van der Waals surface area contributed by atoms with Crippen molar-refractivity contribution in [2.45, 2.75) is 37.8 Å². The number of hydrogen-bond donors (Lipinski definition) is 1. The molecule has 1 aliphatic rings. The van der Waals surface area contributed by atoms with Gasteiger partial charge in [0.2, 0.25) is 7.37 Å². The molecule has 1 rings (SSSR count). The van der Waals surface area contributed by atoms with Gasteiger partial charge in [-0.2, -0.15) is 0 Å². The van der Waals surface area contributed by atoms with Crippen molar-refractivity contribution in [3.05, 3.63) is 0 Å². The van der Waals surface area contributed by atoms with Crippen LogP contribution in [0, 0.1) is 0 Å². The van der Waals surface area contributed by atoms with E-state index in [1.54, 1.807) is 0 Å². The van der Waals surface area contributed by atoms with Crippen molar-refractivity contribution < 1.29 is 28.9 Å². The molecule has 0 radical (unpaired) electrons. The van der Waals surface area contributed by atoms with E-state index in [0.717, 1.165) is 25.7 Å². The second-order valence-electron chi connectivity index (χ2n) is 3.24. The maximum atomic E-state index is 11.1. The van der Waals surface area contributed by atoms with E-state index in [2.05, 4.69) is 0 Å². The molecule has 5 heteroatoms. The fraction of sp³-hybridized carbons (Fsp3) is 1.00. The van der Waals surface area contributed by atoms with Crippen LogP contribution in [0.4, 0.5) is 0 Å². The molecule has 1 saturated carbocycles. The predicted octanol–water partition coefficient (Wildman–Crippen LogP) is 1.03. The van der Waals surface area contributed by atoms with Crippen molar-refractivity contribution in [2.24, 2.45) is 0 Å². The van der Waals surface area contributed by atoms with E-state index in [1.807, 2.05) is 0 Å². The molecule has 1 fully saturated rings. The molecule has 0 heterocycles. The molecule has 0 amide bonds. The van der Waals surface area contributed by atoms with Gasteiger partial charge in [0.1, 0.15) is 0 Å². The number of rotatable bonds is 1. The van der Waals surface area contributed by atoms with Crippen molar-refractivity contribution >= 4 is 24.7 Å². The third kappa shape index (κ3) is 5.16. The van der Waals surface area contributed by atoms with Gasteiger partial charge in [0, 0.05) is 31.8 Å². The molecule has 1 N–H and O–H groups in total. The summed E-state index contributed by atoms with van der Waals surface area (Å²) < 4.78 is 11.1. The minimum absolute atomic E-state index is 0. The summed E-state index contributed by atoms with van der Waals surface area (Å²) in [5.74, 6) is 0. The quantitative estimate of drug-likeness (QED) is 0.563. The third-order valence-electron chi connectivity index (χ3n) is 2.25. The minimum Gasteiger partial charge on any atom is -0.344 e. The van der Waals surface area contributed by atoms with Gasteiger partial charge in [-0.05, 0) is 12.8 Å². The Balaban J connectivity index is 0. The van der Waals surface area contributed by atoms with Crippen LogP contribution in [0.15, 0.2) is 0 Å². The SMILES string of the molecule is CP(=O)(O)C1CCCCC1.[AlH3].[Zn]. The van der Waals surface area contributed by atoms with Gasteiger partial charge in [-0.1, -0.05) is 19.3 Å². The zero-order valence-electron chi connectivity index (χ0n) is 7.12. The second-order valence-corrected chi connectivity index (χ2v) is 5.85. The zero-order chi connectivity index (χ0) is 7.61. The monoisotopic (exact) mass is 256 g/mol. The molecule has 1 aliphatic carbocycles. The van der Waals surface area contributed by atoms with Gasteiger partial charge in [0.05, 0.1) is 0 Å². The van der Waals surface area contributed by atoms with E-state index in [-0.39, 0.29) is 42.5 Å². The average molecular weight is 258 g/mol. The Bertz CT molecular complexity index is 153. The van der Waals surface area contributed by atoms with Crippen LogP contribution in [0.25, 0.3) is 0 Å². The number of hydrogen-bond acceptors (Lipinski definition) is 1. The van der Waals surface area contributed by atoms with Crippen molar-refractivity contribution in [1.29, 1.82) is 0 Å². The summed E-state index contributed by atoms with van der Waals surface area (Å²) in [7, 11) is -2.74. The van der Waals surface area contributed by atoms with Crippen LogP contribution >= 0.6 is 7.37 Å². The van der Waals surface area contributed by atoms with Gasteiger partial charge < -0.3 is 4.89 Å². The average Bonchev–Trinajstić information content (AvgIpc) is 1.88. The molecule has 0 aromatic rings. The summed E-state index contributed by atoms with van der Waals surface area (Å²) in [5, 5.41) is 0. The molecule has 0 aromatic carbocycles. The largest absolute Gasteiger partial charge is 0.344 e. The molecule has 0 saturated heterocycles. The minimum atomic E-state index is -2.74. The first kappa shape index (κ1) is 15.8. The second kappa shape index (κ2) is 6.75. The molecule has 68 valence electrons. The first-order valence-corrected chi connectivity index (χ1v) is 6.08. The van der Waals surface area contributed by atoms with E-state index in [9.17, 15) is 9.46 Å². The molecule has 1 atom stereocenters. The molecular weight excluding hydrogens is 239 g/mol. The first-order chi connectivity index (χ1) is 4.61. The van der Waals surface area contributed by atoms with Gasteiger partial charge in [0.25, 0.3) is 0 Å². The fourth-order valence-corrected chi connectivity index (χ4v) is 2.88. The molecule has 12 heavy (non-hydrogen) atoms. The molecule has 0 spiro atoms. The standard InChI is InChI=1S/C7H15O2P.Al.Zn.3H/c1-10(8,9)7-5-3-2-4-6-7;;;;;/h7H,2-6H2,1H3,(H,8,9);;;;;. The van der Waals surface area contributed by atoms with Crippen molar-refractivity contribution in [2.75, 3.05) is 6.66 Å². The summed E-state index contributed by atoms with van der Waals surface area (Å²) in [6.45, 7) is 1.49. The van der Waals surface area contributed by atoms with E-state index >= 15 is 0 Å². The van der Waals surface area contributed by atoms with Crippen LogP contribution in [0.3, 0.4) is 0 Å². The molecular formula is C7H18AlO2PZn. The van der Waals surface area contributed by atoms with Gasteiger partial charge in [0.15, 0.2) is 17.4 Å².